The summed E-state index contributed by atoms with van der Waals surface area (Å²) < 4.78 is 5.43. The van der Waals surface area contributed by atoms with Gasteiger partial charge >= 0.3 is 0 Å². The van der Waals surface area contributed by atoms with Gasteiger partial charge in [0, 0.05) is 42.5 Å². The van der Waals surface area contributed by atoms with E-state index in [2.05, 4.69) is 15.0 Å². The normalized spacial score (nSPS) is 13.3. The molecular formula is C21H16N4O2. The fourth-order valence-electron chi connectivity index (χ4n) is 3.52. The number of hydrogen-bond acceptors (Lipinski definition) is 5. The van der Waals surface area contributed by atoms with E-state index < -0.39 is 0 Å². The van der Waals surface area contributed by atoms with Crippen LogP contribution < -0.4 is 0 Å². The van der Waals surface area contributed by atoms with Gasteiger partial charge in [0.1, 0.15) is 6.26 Å². The Balaban J connectivity index is 1.37. The van der Waals surface area contributed by atoms with Gasteiger partial charge in [0.15, 0.2) is 0 Å². The van der Waals surface area contributed by atoms with Gasteiger partial charge < -0.3 is 9.32 Å². The smallest absolute Gasteiger partial charge is 0.254 e. The topological polar surface area (TPSA) is 72.1 Å². The average molecular weight is 356 g/mol. The number of hydrogen-bond donors (Lipinski definition) is 0. The van der Waals surface area contributed by atoms with Gasteiger partial charge in [0.05, 0.1) is 17.2 Å². The van der Waals surface area contributed by atoms with Gasteiger partial charge in [-0.2, -0.15) is 0 Å². The van der Waals surface area contributed by atoms with Crippen LogP contribution in [0.25, 0.3) is 22.5 Å². The number of nitrogens with zero attached hydrogens (tertiary/aromatic N) is 4. The molecule has 27 heavy (non-hydrogen) atoms. The van der Waals surface area contributed by atoms with E-state index in [4.69, 9.17) is 4.42 Å². The minimum Gasteiger partial charge on any atom is -0.445 e. The maximum absolute atomic E-state index is 12.8. The molecule has 0 unspecified atom stereocenters. The first-order valence-corrected chi connectivity index (χ1v) is 8.81. The lowest BCUT2D eigenvalue weighted by atomic mass is 10.0. The first kappa shape index (κ1) is 15.7. The zero-order chi connectivity index (χ0) is 18.2. The Morgan fingerprint density at radius 3 is 2.78 bits per heavy atom. The van der Waals surface area contributed by atoms with E-state index in [1.807, 2.05) is 47.4 Å². The van der Waals surface area contributed by atoms with Gasteiger partial charge in [-0.05, 0) is 42.0 Å². The van der Waals surface area contributed by atoms with E-state index in [0.717, 1.165) is 33.4 Å². The zero-order valence-electron chi connectivity index (χ0n) is 14.5. The van der Waals surface area contributed by atoms with Crippen molar-refractivity contribution in [2.24, 2.45) is 0 Å². The summed E-state index contributed by atoms with van der Waals surface area (Å²) in [5.41, 5.74) is 5.27. The molecule has 0 radical (unpaired) electrons. The fourth-order valence-corrected chi connectivity index (χ4v) is 3.52. The molecule has 0 saturated heterocycles. The van der Waals surface area contributed by atoms with E-state index in [1.54, 1.807) is 18.7 Å². The van der Waals surface area contributed by atoms with Gasteiger partial charge in [0.2, 0.25) is 5.89 Å². The summed E-state index contributed by atoms with van der Waals surface area (Å²) in [6, 6.07) is 13.5. The lowest BCUT2D eigenvalue weighted by Crippen LogP contribution is -2.26. The Kier molecular flexibility index (Phi) is 3.67. The van der Waals surface area contributed by atoms with Crippen LogP contribution >= 0.6 is 0 Å². The third-order valence-electron chi connectivity index (χ3n) is 4.86. The molecule has 0 fully saturated rings. The Bertz CT molecular complexity index is 1140. The third-order valence-corrected chi connectivity index (χ3v) is 4.86. The van der Waals surface area contributed by atoms with Crippen LogP contribution in [0.15, 0.2) is 65.5 Å². The molecule has 0 bridgehead atoms. The zero-order valence-corrected chi connectivity index (χ0v) is 14.5. The molecular weight excluding hydrogens is 340 g/mol. The highest BCUT2D eigenvalue weighted by atomic mass is 16.3. The van der Waals surface area contributed by atoms with Crippen LogP contribution in [0.1, 0.15) is 21.6 Å². The summed E-state index contributed by atoms with van der Waals surface area (Å²) in [7, 11) is 0. The Hall–Kier alpha value is -3.54. The van der Waals surface area contributed by atoms with Crippen LogP contribution in [0.3, 0.4) is 0 Å². The number of fused-ring (bicyclic) bond motifs is 2. The molecule has 0 atom stereocenters. The van der Waals surface area contributed by atoms with Gasteiger partial charge in [-0.1, -0.05) is 6.07 Å². The predicted molar refractivity (Wildman–Crippen MR) is 99.9 cm³/mol. The van der Waals surface area contributed by atoms with E-state index in [9.17, 15) is 4.79 Å². The van der Waals surface area contributed by atoms with Crippen molar-refractivity contribution < 1.29 is 9.21 Å². The summed E-state index contributed by atoms with van der Waals surface area (Å²) in [6.07, 6.45) is 5.61. The van der Waals surface area contributed by atoms with Crippen LogP contribution in [0.2, 0.25) is 0 Å². The Labute approximate surface area is 155 Å². The number of carbonyl (C=O) groups is 1. The Morgan fingerprint density at radius 1 is 0.963 bits per heavy atom. The van der Waals surface area contributed by atoms with Crippen molar-refractivity contribution in [2.45, 2.75) is 13.0 Å². The third kappa shape index (κ3) is 2.75. The number of oxazole rings is 1. The van der Waals surface area contributed by atoms with Crippen molar-refractivity contribution in [2.75, 3.05) is 6.54 Å². The van der Waals surface area contributed by atoms with Crippen molar-refractivity contribution in [3.63, 3.8) is 0 Å². The second kappa shape index (κ2) is 6.32. The van der Waals surface area contributed by atoms with E-state index in [-0.39, 0.29) is 5.91 Å². The number of rotatable bonds is 4. The highest BCUT2D eigenvalue weighted by molar-refractivity contribution is 6.00. The van der Waals surface area contributed by atoms with Crippen LogP contribution in [0.4, 0.5) is 0 Å². The largest absolute Gasteiger partial charge is 0.445 e. The first-order chi connectivity index (χ1) is 13.3. The highest BCUT2D eigenvalue weighted by Crippen LogP contribution is 2.31. The van der Waals surface area contributed by atoms with Crippen molar-refractivity contribution in [3.8, 4) is 11.5 Å². The van der Waals surface area contributed by atoms with Gasteiger partial charge in [-0.15, -0.1) is 0 Å². The number of carbonyl (C=O) groups excluding carboxylic acids is 1. The Morgan fingerprint density at radius 2 is 1.89 bits per heavy atom. The second-order valence-corrected chi connectivity index (χ2v) is 6.49. The number of aromatic nitrogens is 3. The minimum absolute atomic E-state index is 0.0425. The van der Waals surface area contributed by atoms with Crippen molar-refractivity contribution in [1.29, 1.82) is 0 Å². The van der Waals surface area contributed by atoms with Crippen LogP contribution in [0, 0.1) is 0 Å². The van der Waals surface area contributed by atoms with E-state index >= 15 is 0 Å². The standard InChI is InChI=1S/C21H16N4O2/c26-21-16-4-1-3-15(20-23-10-12-27-20)17(16)13-25(21)11-8-14-6-7-18-19(24-14)5-2-9-22-18/h1-7,9-10,12H,8,11,13H2. The molecule has 1 aliphatic heterocycles. The maximum atomic E-state index is 12.8. The average Bonchev–Trinajstić information content (AvgIpc) is 3.35. The van der Waals surface area contributed by atoms with Crippen LogP contribution in [-0.2, 0) is 13.0 Å². The van der Waals surface area contributed by atoms with Crippen molar-refractivity contribution in [1.82, 2.24) is 19.9 Å². The molecule has 0 saturated carbocycles. The number of benzene rings is 1. The summed E-state index contributed by atoms with van der Waals surface area (Å²) in [5, 5.41) is 0. The first-order valence-electron chi connectivity index (χ1n) is 8.81. The van der Waals surface area contributed by atoms with Crippen LogP contribution in [0.5, 0.6) is 0 Å². The predicted octanol–water partition coefficient (Wildman–Crippen LogP) is 3.48. The fraction of sp³-hybridized carbons (Fsp3) is 0.143. The van der Waals surface area contributed by atoms with Gasteiger partial charge in [-0.3, -0.25) is 14.8 Å². The number of pyridine rings is 2. The maximum Gasteiger partial charge on any atom is 0.254 e. The molecule has 0 N–H and O–H groups in total. The summed E-state index contributed by atoms with van der Waals surface area (Å²) in [5.74, 6) is 0.589. The summed E-state index contributed by atoms with van der Waals surface area (Å²) in [6.45, 7) is 1.17. The van der Waals surface area contributed by atoms with Crippen LogP contribution in [-0.4, -0.2) is 32.3 Å². The lowest BCUT2D eigenvalue weighted by Gasteiger charge is -2.15. The molecule has 132 valence electrons. The highest BCUT2D eigenvalue weighted by Gasteiger charge is 2.30. The molecule has 1 aromatic carbocycles. The molecule has 0 aliphatic carbocycles. The molecule has 4 heterocycles. The SMILES string of the molecule is O=C1c2cccc(-c3ncco3)c2CN1CCc1ccc2ncccc2n1. The molecule has 1 amide bonds. The quantitative estimate of drug-likeness (QED) is 0.560. The second-order valence-electron chi connectivity index (χ2n) is 6.49. The molecule has 0 spiro atoms. The minimum atomic E-state index is 0.0425. The van der Waals surface area contributed by atoms with Gasteiger partial charge in [0.25, 0.3) is 5.91 Å². The molecule has 5 rings (SSSR count). The van der Waals surface area contributed by atoms with E-state index in [0.29, 0.717) is 25.4 Å². The molecule has 6 heteroatoms. The molecule has 6 nitrogen and oxygen atoms in total. The summed E-state index contributed by atoms with van der Waals surface area (Å²) >= 11 is 0. The number of amides is 1. The van der Waals surface area contributed by atoms with Crippen molar-refractivity contribution in [3.05, 3.63) is 77.9 Å². The van der Waals surface area contributed by atoms with E-state index in [1.165, 1.54) is 0 Å². The lowest BCUT2D eigenvalue weighted by molar-refractivity contribution is 0.0780. The monoisotopic (exact) mass is 356 g/mol. The molecule has 1 aliphatic rings. The summed E-state index contributed by atoms with van der Waals surface area (Å²) in [4.78, 5) is 27.8. The van der Waals surface area contributed by atoms with Crippen molar-refractivity contribution >= 4 is 16.9 Å². The molecule has 4 aromatic rings. The molecule has 3 aromatic heterocycles. The van der Waals surface area contributed by atoms with Gasteiger partial charge in [-0.25, -0.2) is 4.98 Å².